The van der Waals surface area contributed by atoms with Gasteiger partial charge in [0.15, 0.2) is 0 Å². The van der Waals surface area contributed by atoms with E-state index in [9.17, 15) is 17.6 Å². The predicted octanol–water partition coefficient (Wildman–Crippen LogP) is 5.46. The highest BCUT2D eigenvalue weighted by molar-refractivity contribution is 7.89. The van der Waals surface area contributed by atoms with Gasteiger partial charge in [-0.2, -0.15) is 14.4 Å². The van der Waals surface area contributed by atoms with Crippen LogP contribution in [-0.4, -0.2) is 36.4 Å². The number of hydrogen-bond donors (Lipinski definition) is 0. The van der Waals surface area contributed by atoms with E-state index in [0.717, 1.165) is 27.5 Å². The zero-order chi connectivity index (χ0) is 27.0. The van der Waals surface area contributed by atoms with Crippen molar-refractivity contribution in [2.75, 3.05) is 11.6 Å². The number of nitrogens with zero attached hydrogens (tertiary/aromatic N) is 4. The molecule has 0 radical (unpaired) electrons. The second-order valence-corrected chi connectivity index (χ2v) is 11.8. The second kappa shape index (κ2) is 10.2. The molecule has 0 unspecified atom stereocenters. The number of hydrazone groups is 1. The van der Waals surface area contributed by atoms with Crippen molar-refractivity contribution in [1.29, 1.82) is 0 Å². The van der Waals surface area contributed by atoms with Crippen molar-refractivity contribution in [3.63, 3.8) is 0 Å². The minimum atomic E-state index is -3.76. The normalized spacial score (nSPS) is 14.1. The van der Waals surface area contributed by atoms with Crippen molar-refractivity contribution in [2.24, 2.45) is 5.10 Å². The third kappa shape index (κ3) is 4.99. The van der Waals surface area contributed by atoms with E-state index in [1.54, 1.807) is 12.1 Å². The van der Waals surface area contributed by atoms with Gasteiger partial charge in [-0.25, -0.2) is 17.8 Å². The first kappa shape index (κ1) is 25.1. The lowest BCUT2D eigenvalue weighted by atomic mass is 10.0. The number of anilines is 1. The molecule has 2 aromatic heterocycles. The molecule has 8 nitrogen and oxygen atoms in total. The van der Waals surface area contributed by atoms with E-state index in [1.165, 1.54) is 59.2 Å². The Kier molecular flexibility index (Phi) is 6.55. The third-order valence-electron chi connectivity index (χ3n) is 6.39. The standard InChI is InChI=1S/C28H21FN4O4S2/c29-22-9-12-25-26(16-22)38-28(31-25)33(30-17-23-6-3-15-37-23)27(34)20-7-10-24(11-8-20)39(35,36)32-14-13-19-4-1-2-5-21(19)18-32/h1-12,15-17H,13-14,18H2/b30-17+. The van der Waals surface area contributed by atoms with E-state index in [1.807, 2.05) is 24.3 Å². The second-order valence-electron chi connectivity index (χ2n) is 8.87. The molecule has 11 heteroatoms. The molecular formula is C28H21FN4O4S2. The van der Waals surface area contributed by atoms with Gasteiger partial charge in [-0.15, -0.1) is 0 Å². The third-order valence-corrected chi connectivity index (χ3v) is 9.24. The summed E-state index contributed by atoms with van der Waals surface area (Å²) in [5, 5.41) is 5.61. The summed E-state index contributed by atoms with van der Waals surface area (Å²) in [6.07, 6.45) is 3.49. The Morgan fingerprint density at radius 2 is 1.85 bits per heavy atom. The fraction of sp³-hybridized carbons (Fsp3) is 0.107. The quantitative estimate of drug-likeness (QED) is 0.203. The van der Waals surface area contributed by atoms with Gasteiger partial charge in [-0.3, -0.25) is 4.79 Å². The maximum absolute atomic E-state index is 13.8. The van der Waals surface area contributed by atoms with Gasteiger partial charge in [0.05, 0.1) is 27.6 Å². The number of amides is 1. The number of hydrogen-bond acceptors (Lipinski definition) is 7. The minimum absolute atomic E-state index is 0.0968. The van der Waals surface area contributed by atoms with E-state index in [4.69, 9.17) is 4.42 Å². The number of rotatable bonds is 6. The topological polar surface area (TPSA) is 96.1 Å². The zero-order valence-electron chi connectivity index (χ0n) is 20.4. The Bertz CT molecular complexity index is 1800. The fourth-order valence-electron chi connectivity index (χ4n) is 4.36. The van der Waals surface area contributed by atoms with Crippen molar-refractivity contribution in [2.45, 2.75) is 17.9 Å². The van der Waals surface area contributed by atoms with Gasteiger partial charge in [0.2, 0.25) is 15.2 Å². The summed E-state index contributed by atoms with van der Waals surface area (Å²) in [5.74, 6) is -0.527. The average molecular weight is 561 g/mol. The van der Waals surface area contributed by atoms with Crippen LogP contribution in [0.3, 0.4) is 0 Å². The van der Waals surface area contributed by atoms with Crippen LogP contribution >= 0.6 is 11.3 Å². The van der Waals surface area contributed by atoms with Gasteiger partial charge in [0.25, 0.3) is 5.91 Å². The Hall–Kier alpha value is -4.19. The largest absolute Gasteiger partial charge is 0.463 e. The molecule has 0 saturated carbocycles. The molecule has 5 aromatic rings. The lowest BCUT2D eigenvalue weighted by Crippen LogP contribution is -2.36. The SMILES string of the molecule is O=C(c1ccc(S(=O)(=O)N2CCc3ccccc3C2)cc1)N(/N=C/c1ccco1)c1nc2ccc(F)cc2s1. The van der Waals surface area contributed by atoms with E-state index in [-0.39, 0.29) is 15.6 Å². The van der Waals surface area contributed by atoms with Gasteiger partial charge >= 0.3 is 0 Å². The summed E-state index contributed by atoms with van der Waals surface area (Å²) < 4.78 is 47.7. The maximum Gasteiger partial charge on any atom is 0.280 e. The van der Waals surface area contributed by atoms with Crippen LogP contribution in [0, 0.1) is 5.82 Å². The first-order valence-corrected chi connectivity index (χ1v) is 14.3. The summed E-state index contributed by atoms with van der Waals surface area (Å²) in [6.45, 7) is 0.681. The van der Waals surface area contributed by atoms with Crippen molar-refractivity contribution >= 4 is 48.8 Å². The smallest absolute Gasteiger partial charge is 0.280 e. The summed E-state index contributed by atoms with van der Waals surface area (Å²) in [7, 11) is -3.76. The van der Waals surface area contributed by atoms with Crippen molar-refractivity contribution in [3.05, 3.63) is 113 Å². The van der Waals surface area contributed by atoms with Crippen LogP contribution in [0.2, 0.25) is 0 Å². The summed E-state index contributed by atoms with van der Waals surface area (Å²) >= 11 is 1.11. The van der Waals surface area contributed by atoms with E-state index < -0.39 is 21.7 Å². The Morgan fingerprint density at radius 3 is 2.62 bits per heavy atom. The molecular weight excluding hydrogens is 539 g/mol. The highest BCUT2D eigenvalue weighted by atomic mass is 32.2. The number of thiazole rings is 1. The van der Waals surface area contributed by atoms with Crippen molar-refractivity contribution in [3.8, 4) is 0 Å². The number of carbonyl (C=O) groups is 1. The van der Waals surface area contributed by atoms with E-state index in [0.29, 0.717) is 35.5 Å². The molecule has 1 aliphatic heterocycles. The summed E-state index contributed by atoms with van der Waals surface area (Å²) in [4.78, 5) is 18.1. The van der Waals surface area contributed by atoms with Crippen molar-refractivity contribution in [1.82, 2.24) is 9.29 Å². The molecule has 39 heavy (non-hydrogen) atoms. The van der Waals surface area contributed by atoms with Crippen LogP contribution in [0.1, 0.15) is 27.2 Å². The van der Waals surface area contributed by atoms with Gasteiger partial charge in [-0.05, 0) is 72.1 Å². The molecule has 0 bridgehead atoms. The number of furan rings is 1. The van der Waals surface area contributed by atoms with Crippen LogP contribution in [-0.2, 0) is 23.0 Å². The number of sulfonamides is 1. The molecule has 0 aliphatic carbocycles. The Labute approximate surface area is 227 Å². The monoisotopic (exact) mass is 560 g/mol. The van der Waals surface area contributed by atoms with Crippen LogP contribution in [0.5, 0.6) is 0 Å². The molecule has 0 saturated heterocycles. The summed E-state index contributed by atoms with van der Waals surface area (Å²) in [6, 6.07) is 21.1. The Morgan fingerprint density at radius 1 is 1.05 bits per heavy atom. The molecule has 1 amide bonds. The molecule has 0 spiro atoms. The zero-order valence-corrected chi connectivity index (χ0v) is 22.0. The fourth-order valence-corrected chi connectivity index (χ4v) is 6.73. The van der Waals surface area contributed by atoms with E-state index in [2.05, 4.69) is 10.1 Å². The van der Waals surface area contributed by atoms with Gasteiger partial charge < -0.3 is 4.42 Å². The molecule has 0 N–H and O–H groups in total. The summed E-state index contributed by atoms with van der Waals surface area (Å²) in [5.41, 5.74) is 2.87. The molecule has 0 fully saturated rings. The molecule has 196 valence electrons. The first-order chi connectivity index (χ1) is 18.9. The van der Waals surface area contributed by atoms with Gasteiger partial charge in [-0.1, -0.05) is 35.6 Å². The lowest BCUT2D eigenvalue weighted by molar-refractivity contribution is 0.0987. The predicted molar refractivity (Wildman–Crippen MR) is 147 cm³/mol. The van der Waals surface area contributed by atoms with E-state index >= 15 is 0 Å². The molecule has 6 rings (SSSR count). The lowest BCUT2D eigenvalue weighted by Gasteiger charge is -2.28. The number of aromatic nitrogens is 1. The highest BCUT2D eigenvalue weighted by Gasteiger charge is 2.29. The number of fused-ring (bicyclic) bond motifs is 2. The van der Waals surface area contributed by atoms with Crippen LogP contribution in [0.15, 0.2) is 99.5 Å². The number of halogens is 1. The average Bonchev–Trinajstić information content (AvgIpc) is 3.63. The molecule has 1 aliphatic rings. The van der Waals surface area contributed by atoms with Gasteiger partial charge in [0.1, 0.15) is 11.6 Å². The highest BCUT2D eigenvalue weighted by Crippen LogP contribution is 2.31. The van der Waals surface area contributed by atoms with Crippen LogP contribution < -0.4 is 5.01 Å². The van der Waals surface area contributed by atoms with Gasteiger partial charge in [0, 0.05) is 18.7 Å². The van der Waals surface area contributed by atoms with Crippen LogP contribution in [0.4, 0.5) is 9.52 Å². The number of benzene rings is 3. The van der Waals surface area contributed by atoms with Crippen molar-refractivity contribution < 1.29 is 22.0 Å². The minimum Gasteiger partial charge on any atom is -0.463 e. The van der Waals surface area contributed by atoms with Crippen LogP contribution in [0.25, 0.3) is 10.2 Å². The maximum atomic E-state index is 13.8. The molecule has 3 aromatic carbocycles. The number of carbonyl (C=O) groups excluding carboxylic acids is 1. The first-order valence-electron chi connectivity index (χ1n) is 12.0. The molecule has 3 heterocycles. The molecule has 0 atom stereocenters. The Balaban J connectivity index is 1.29.